The number of benzene rings is 1. The topological polar surface area (TPSA) is 58.9 Å². The largest absolute Gasteiger partial charge is 0.369 e. The third-order valence-corrected chi connectivity index (χ3v) is 4.10. The fourth-order valence-electron chi connectivity index (χ4n) is 2.69. The SMILES string of the molecule is CC.CC(C)(C)c1cc2ccccc2[nH]1.NC(=O)C1CCCC1. The molecule has 1 heterocycles. The standard InChI is InChI=1S/C12H15N.C6H11NO.C2H6/c1-12(2,3)11-8-9-6-4-5-7-10(9)13-11;7-6(8)5-3-1-2-4-5;1-2/h4-8,13H,1-3H3;5H,1-4H2,(H2,7,8);1-2H3. The van der Waals surface area contributed by atoms with Gasteiger partial charge in [-0.3, -0.25) is 4.79 Å². The summed E-state index contributed by atoms with van der Waals surface area (Å²) < 4.78 is 0. The molecule has 1 fully saturated rings. The van der Waals surface area contributed by atoms with Gasteiger partial charge in [0, 0.05) is 22.5 Å². The highest BCUT2D eigenvalue weighted by Gasteiger charge is 2.19. The van der Waals surface area contributed by atoms with Gasteiger partial charge in [-0.15, -0.1) is 0 Å². The second-order valence-electron chi connectivity index (χ2n) is 6.90. The van der Waals surface area contributed by atoms with Gasteiger partial charge in [-0.1, -0.05) is 65.7 Å². The van der Waals surface area contributed by atoms with Crippen LogP contribution in [0.25, 0.3) is 10.9 Å². The number of nitrogens with two attached hydrogens (primary N) is 1. The van der Waals surface area contributed by atoms with Crippen LogP contribution in [0.3, 0.4) is 0 Å². The highest BCUT2D eigenvalue weighted by molar-refractivity contribution is 5.80. The Morgan fingerprint density at radius 3 is 2.13 bits per heavy atom. The van der Waals surface area contributed by atoms with Gasteiger partial charge in [0.05, 0.1) is 0 Å². The van der Waals surface area contributed by atoms with Crippen LogP contribution in [0.2, 0.25) is 0 Å². The lowest BCUT2D eigenvalue weighted by atomic mass is 9.92. The number of fused-ring (bicyclic) bond motifs is 1. The van der Waals surface area contributed by atoms with Crippen molar-refractivity contribution in [1.29, 1.82) is 0 Å². The number of hydrogen-bond donors (Lipinski definition) is 2. The molecule has 3 rings (SSSR count). The lowest BCUT2D eigenvalue weighted by Crippen LogP contribution is -2.19. The van der Waals surface area contributed by atoms with Crippen LogP contribution >= 0.6 is 0 Å². The summed E-state index contributed by atoms with van der Waals surface area (Å²) in [5.74, 6) is 0.0949. The van der Waals surface area contributed by atoms with Gasteiger partial charge in [-0.2, -0.15) is 0 Å². The third-order valence-electron chi connectivity index (χ3n) is 4.10. The second kappa shape index (κ2) is 8.76. The molecule has 0 unspecified atom stereocenters. The molecule has 0 saturated heterocycles. The molecule has 0 atom stereocenters. The normalized spacial score (nSPS) is 14.7. The molecular formula is C20H32N2O. The summed E-state index contributed by atoms with van der Waals surface area (Å²) in [5, 5.41) is 1.30. The van der Waals surface area contributed by atoms with Gasteiger partial charge in [-0.05, 0) is 30.4 Å². The fraction of sp³-hybridized carbons (Fsp3) is 0.550. The van der Waals surface area contributed by atoms with Gasteiger partial charge in [0.15, 0.2) is 0 Å². The Morgan fingerprint density at radius 2 is 1.70 bits per heavy atom. The smallest absolute Gasteiger partial charge is 0.220 e. The maximum absolute atomic E-state index is 10.4. The summed E-state index contributed by atoms with van der Waals surface area (Å²) in [6, 6.07) is 10.6. The van der Waals surface area contributed by atoms with Crippen LogP contribution in [-0.2, 0) is 10.2 Å². The number of carbonyl (C=O) groups is 1. The molecular weight excluding hydrogens is 284 g/mol. The summed E-state index contributed by atoms with van der Waals surface area (Å²) >= 11 is 0. The van der Waals surface area contributed by atoms with Crippen LogP contribution in [0.5, 0.6) is 0 Å². The molecule has 1 aliphatic carbocycles. The van der Waals surface area contributed by atoms with E-state index in [0.717, 1.165) is 12.8 Å². The molecule has 128 valence electrons. The summed E-state index contributed by atoms with van der Waals surface area (Å²) in [5.41, 5.74) is 7.79. The Hall–Kier alpha value is -1.77. The van der Waals surface area contributed by atoms with Gasteiger partial charge >= 0.3 is 0 Å². The molecule has 3 N–H and O–H groups in total. The van der Waals surface area contributed by atoms with Crippen molar-refractivity contribution in [2.45, 2.75) is 65.7 Å². The minimum absolute atomic E-state index is 0.109. The molecule has 1 amide bonds. The Bertz CT molecular complexity index is 568. The molecule has 2 aromatic rings. The van der Waals surface area contributed by atoms with Crippen molar-refractivity contribution in [3.05, 3.63) is 36.0 Å². The van der Waals surface area contributed by atoms with Crippen molar-refractivity contribution < 1.29 is 4.79 Å². The quantitative estimate of drug-likeness (QED) is 0.750. The van der Waals surface area contributed by atoms with E-state index in [-0.39, 0.29) is 17.2 Å². The average molecular weight is 316 g/mol. The van der Waals surface area contributed by atoms with E-state index < -0.39 is 0 Å². The lowest BCUT2D eigenvalue weighted by molar-refractivity contribution is -0.121. The molecule has 1 aliphatic rings. The van der Waals surface area contributed by atoms with Crippen molar-refractivity contribution >= 4 is 16.8 Å². The van der Waals surface area contributed by atoms with Crippen LogP contribution < -0.4 is 5.73 Å². The van der Waals surface area contributed by atoms with E-state index in [1.807, 2.05) is 13.8 Å². The Labute approximate surface area is 140 Å². The van der Waals surface area contributed by atoms with E-state index >= 15 is 0 Å². The number of amides is 1. The van der Waals surface area contributed by atoms with Crippen LogP contribution in [-0.4, -0.2) is 10.9 Å². The van der Waals surface area contributed by atoms with E-state index in [2.05, 4.69) is 56.1 Å². The molecule has 3 heteroatoms. The van der Waals surface area contributed by atoms with E-state index in [0.29, 0.717) is 0 Å². The summed E-state index contributed by atoms with van der Waals surface area (Å²) in [6.07, 6.45) is 4.42. The summed E-state index contributed by atoms with van der Waals surface area (Å²) in [7, 11) is 0. The predicted molar refractivity (Wildman–Crippen MR) is 99.5 cm³/mol. The number of aromatic nitrogens is 1. The van der Waals surface area contributed by atoms with Gasteiger partial charge in [0.1, 0.15) is 0 Å². The number of rotatable bonds is 1. The van der Waals surface area contributed by atoms with Gasteiger partial charge in [0.2, 0.25) is 5.91 Å². The number of hydrogen-bond acceptors (Lipinski definition) is 1. The number of primary amides is 1. The molecule has 0 spiro atoms. The molecule has 1 aromatic carbocycles. The van der Waals surface area contributed by atoms with Crippen molar-refractivity contribution in [3.63, 3.8) is 0 Å². The summed E-state index contributed by atoms with van der Waals surface area (Å²) in [4.78, 5) is 13.9. The first-order valence-electron chi connectivity index (χ1n) is 8.75. The van der Waals surface area contributed by atoms with Gasteiger partial charge in [-0.25, -0.2) is 0 Å². The molecule has 1 aromatic heterocycles. The Morgan fingerprint density at radius 1 is 1.13 bits per heavy atom. The first-order chi connectivity index (χ1) is 10.9. The van der Waals surface area contributed by atoms with Crippen LogP contribution in [0, 0.1) is 5.92 Å². The van der Waals surface area contributed by atoms with Crippen LogP contribution in [0.15, 0.2) is 30.3 Å². The van der Waals surface area contributed by atoms with E-state index in [4.69, 9.17) is 5.73 Å². The van der Waals surface area contributed by atoms with Crippen molar-refractivity contribution in [2.24, 2.45) is 11.7 Å². The number of aromatic amines is 1. The number of para-hydroxylation sites is 1. The molecule has 0 radical (unpaired) electrons. The maximum Gasteiger partial charge on any atom is 0.220 e. The monoisotopic (exact) mass is 316 g/mol. The van der Waals surface area contributed by atoms with Crippen LogP contribution in [0.1, 0.15) is 66.0 Å². The molecule has 1 saturated carbocycles. The molecule has 3 nitrogen and oxygen atoms in total. The average Bonchev–Trinajstić information content (AvgIpc) is 3.19. The highest BCUT2D eigenvalue weighted by Crippen LogP contribution is 2.25. The zero-order valence-corrected chi connectivity index (χ0v) is 15.3. The van der Waals surface area contributed by atoms with Crippen molar-refractivity contribution in [1.82, 2.24) is 4.98 Å². The summed E-state index contributed by atoms with van der Waals surface area (Å²) in [6.45, 7) is 10.7. The highest BCUT2D eigenvalue weighted by atomic mass is 16.1. The number of H-pyrrole nitrogens is 1. The molecule has 0 bridgehead atoms. The fourth-order valence-corrected chi connectivity index (χ4v) is 2.69. The zero-order chi connectivity index (χ0) is 17.5. The maximum atomic E-state index is 10.4. The van der Waals surface area contributed by atoms with E-state index in [1.165, 1.54) is 29.4 Å². The predicted octanol–water partition coefficient (Wildman–Crippen LogP) is 5.15. The lowest BCUT2D eigenvalue weighted by Gasteiger charge is -2.15. The van der Waals surface area contributed by atoms with E-state index in [1.54, 1.807) is 0 Å². The number of carbonyl (C=O) groups excluding carboxylic acids is 1. The van der Waals surface area contributed by atoms with Gasteiger partial charge < -0.3 is 10.7 Å². The van der Waals surface area contributed by atoms with Crippen molar-refractivity contribution in [3.8, 4) is 0 Å². The van der Waals surface area contributed by atoms with E-state index in [9.17, 15) is 4.79 Å². The Kier molecular flexibility index (Phi) is 7.34. The zero-order valence-electron chi connectivity index (χ0n) is 15.3. The number of nitrogens with one attached hydrogen (secondary N) is 1. The molecule has 0 aliphatic heterocycles. The van der Waals surface area contributed by atoms with Gasteiger partial charge in [0.25, 0.3) is 0 Å². The minimum Gasteiger partial charge on any atom is -0.369 e. The van der Waals surface area contributed by atoms with Crippen LogP contribution in [0.4, 0.5) is 0 Å². The Balaban J connectivity index is 0.000000228. The first kappa shape index (κ1) is 19.3. The second-order valence-corrected chi connectivity index (χ2v) is 6.90. The first-order valence-corrected chi connectivity index (χ1v) is 8.75. The molecule has 23 heavy (non-hydrogen) atoms. The third kappa shape index (κ3) is 5.74. The minimum atomic E-state index is -0.109. The van der Waals surface area contributed by atoms with Crippen molar-refractivity contribution in [2.75, 3.05) is 0 Å².